The summed E-state index contributed by atoms with van der Waals surface area (Å²) in [6.45, 7) is -0.180. The van der Waals surface area contributed by atoms with Crippen molar-refractivity contribution in [2.24, 2.45) is 0 Å². The first-order valence-corrected chi connectivity index (χ1v) is 10.9. The second-order valence-electron chi connectivity index (χ2n) is 6.16. The Hall–Kier alpha value is -2.36. The molecule has 0 radical (unpaired) electrons. The van der Waals surface area contributed by atoms with Gasteiger partial charge in [0.1, 0.15) is 5.75 Å². The molecule has 0 aliphatic heterocycles. The van der Waals surface area contributed by atoms with Gasteiger partial charge in [-0.25, -0.2) is 8.42 Å². The van der Waals surface area contributed by atoms with Gasteiger partial charge in [0.05, 0.1) is 17.6 Å². The first-order valence-electron chi connectivity index (χ1n) is 8.54. The zero-order valence-electron chi connectivity index (χ0n) is 15.4. The van der Waals surface area contributed by atoms with Crippen molar-refractivity contribution in [2.75, 3.05) is 7.11 Å². The fourth-order valence-electron chi connectivity index (χ4n) is 2.89. The third-order valence-electron chi connectivity index (χ3n) is 4.26. The van der Waals surface area contributed by atoms with Crippen LogP contribution in [0.3, 0.4) is 0 Å². The van der Waals surface area contributed by atoms with Gasteiger partial charge in [-0.3, -0.25) is 0 Å². The van der Waals surface area contributed by atoms with Gasteiger partial charge in [0, 0.05) is 23.5 Å². The van der Waals surface area contributed by atoms with E-state index in [4.69, 9.17) is 4.74 Å². The Balaban J connectivity index is 2.08. The van der Waals surface area contributed by atoms with Crippen LogP contribution in [0.2, 0.25) is 0 Å². The Morgan fingerprint density at radius 2 is 1.66 bits per heavy atom. The van der Waals surface area contributed by atoms with Gasteiger partial charge in [-0.05, 0) is 29.6 Å². The maximum Gasteiger partial charge on any atom is 0.417 e. The molecule has 154 valence electrons. The van der Waals surface area contributed by atoms with Gasteiger partial charge in [0.2, 0.25) is 10.0 Å². The van der Waals surface area contributed by atoms with Crippen LogP contribution in [0.4, 0.5) is 13.2 Å². The number of benzene rings is 2. The van der Waals surface area contributed by atoms with E-state index in [1.807, 2.05) is 0 Å². The molecule has 0 fully saturated rings. The summed E-state index contributed by atoms with van der Waals surface area (Å²) >= 11 is 1.33. The average Bonchev–Trinajstić information content (AvgIpc) is 3.20. The minimum absolute atomic E-state index is 0.0513. The summed E-state index contributed by atoms with van der Waals surface area (Å²) in [7, 11) is -3.00. The maximum absolute atomic E-state index is 13.5. The number of thiophene rings is 1. The summed E-state index contributed by atoms with van der Waals surface area (Å²) in [6, 6.07) is 14.5. The fraction of sp³-hybridized carbons (Fsp3) is 0.200. The van der Waals surface area contributed by atoms with Crippen LogP contribution in [0.5, 0.6) is 5.75 Å². The first kappa shape index (κ1) is 21.4. The molecule has 0 bridgehead atoms. The maximum atomic E-state index is 13.5. The molecule has 0 amide bonds. The second kappa shape index (κ2) is 8.56. The average molecular weight is 441 g/mol. The van der Waals surface area contributed by atoms with E-state index in [2.05, 4.69) is 0 Å². The van der Waals surface area contributed by atoms with Gasteiger partial charge in [-0.15, -0.1) is 11.3 Å². The second-order valence-corrected chi connectivity index (χ2v) is 9.10. The van der Waals surface area contributed by atoms with Gasteiger partial charge < -0.3 is 4.74 Å². The topological polar surface area (TPSA) is 46.6 Å². The molecule has 3 aromatic rings. The monoisotopic (exact) mass is 441 g/mol. The summed E-state index contributed by atoms with van der Waals surface area (Å²) in [4.78, 5) is -0.0492. The highest BCUT2D eigenvalue weighted by atomic mass is 32.2. The van der Waals surface area contributed by atoms with Gasteiger partial charge in [0.25, 0.3) is 0 Å². The van der Waals surface area contributed by atoms with Crippen molar-refractivity contribution in [2.45, 2.75) is 24.2 Å². The van der Waals surface area contributed by atoms with Crippen LogP contribution in [0, 0.1) is 0 Å². The standard InChI is InChI=1S/C20H18F3NO3S2/c1-27-18-10-4-2-7-15(18)13-24(14-16-8-6-12-28-16)29(25,26)19-11-5-3-9-17(19)20(21,22)23/h2-12H,13-14H2,1H3. The normalized spacial score (nSPS) is 12.3. The lowest BCUT2D eigenvalue weighted by Crippen LogP contribution is -2.31. The summed E-state index contributed by atoms with van der Waals surface area (Å²) < 4.78 is 73.4. The van der Waals surface area contributed by atoms with Gasteiger partial charge in [-0.1, -0.05) is 36.4 Å². The highest BCUT2D eigenvalue weighted by Crippen LogP contribution is 2.36. The number of nitrogens with zero attached hydrogens (tertiary/aromatic N) is 1. The highest BCUT2D eigenvalue weighted by Gasteiger charge is 2.39. The molecule has 1 aromatic heterocycles. The van der Waals surface area contributed by atoms with Crippen molar-refractivity contribution in [3.8, 4) is 5.75 Å². The lowest BCUT2D eigenvalue weighted by molar-refractivity contribution is -0.139. The van der Waals surface area contributed by atoms with E-state index in [0.717, 1.165) is 16.4 Å². The molecule has 2 aromatic carbocycles. The molecule has 0 saturated heterocycles. The molecule has 4 nitrogen and oxygen atoms in total. The number of hydrogen-bond acceptors (Lipinski definition) is 4. The summed E-state index contributed by atoms with van der Waals surface area (Å²) in [5.41, 5.74) is -0.629. The van der Waals surface area contributed by atoms with Gasteiger partial charge in [-0.2, -0.15) is 17.5 Å². The minimum Gasteiger partial charge on any atom is -0.496 e. The van der Waals surface area contributed by atoms with E-state index < -0.39 is 26.7 Å². The van der Waals surface area contributed by atoms with Crippen LogP contribution in [0.15, 0.2) is 70.9 Å². The number of hydrogen-bond donors (Lipinski definition) is 0. The van der Waals surface area contributed by atoms with Crippen LogP contribution in [-0.4, -0.2) is 19.8 Å². The number of methoxy groups -OCH3 is 1. The largest absolute Gasteiger partial charge is 0.496 e. The molecule has 0 saturated carbocycles. The van der Waals surface area contributed by atoms with Crippen molar-refractivity contribution in [1.29, 1.82) is 0 Å². The molecule has 0 N–H and O–H groups in total. The molecule has 1 heterocycles. The SMILES string of the molecule is COc1ccccc1CN(Cc1cccs1)S(=O)(=O)c1ccccc1C(F)(F)F. The Labute approximate surface area is 171 Å². The van der Waals surface area contributed by atoms with E-state index in [9.17, 15) is 21.6 Å². The molecule has 0 spiro atoms. The number of ether oxygens (including phenoxy) is 1. The number of alkyl halides is 3. The lowest BCUT2D eigenvalue weighted by atomic mass is 10.2. The Bertz CT molecular complexity index is 1060. The summed E-state index contributed by atoms with van der Waals surface area (Å²) in [5.74, 6) is 0.461. The molecule has 9 heteroatoms. The van der Waals surface area contributed by atoms with Crippen molar-refractivity contribution in [1.82, 2.24) is 4.31 Å². The van der Waals surface area contributed by atoms with Crippen LogP contribution < -0.4 is 4.74 Å². The number of para-hydroxylation sites is 1. The van der Waals surface area contributed by atoms with E-state index in [0.29, 0.717) is 16.2 Å². The predicted molar refractivity (Wildman–Crippen MR) is 105 cm³/mol. The summed E-state index contributed by atoms with van der Waals surface area (Å²) in [5, 5.41) is 1.78. The molecule has 3 rings (SSSR count). The predicted octanol–water partition coefficient (Wildman–Crippen LogP) is 5.17. The molecular formula is C20H18F3NO3S2. The Morgan fingerprint density at radius 1 is 0.966 bits per heavy atom. The van der Waals surface area contributed by atoms with E-state index in [-0.39, 0.29) is 13.1 Å². The molecule has 0 aliphatic rings. The lowest BCUT2D eigenvalue weighted by Gasteiger charge is -2.24. The number of sulfonamides is 1. The van der Waals surface area contributed by atoms with Crippen molar-refractivity contribution < 1.29 is 26.3 Å². The fourth-order valence-corrected chi connectivity index (χ4v) is 5.30. The van der Waals surface area contributed by atoms with E-state index in [1.54, 1.807) is 41.8 Å². The van der Waals surface area contributed by atoms with Crippen LogP contribution in [0.25, 0.3) is 0 Å². The quantitative estimate of drug-likeness (QED) is 0.508. The molecule has 0 atom stereocenters. The zero-order valence-corrected chi connectivity index (χ0v) is 17.0. The van der Waals surface area contributed by atoms with Crippen LogP contribution in [-0.2, 0) is 29.3 Å². The number of rotatable bonds is 7. The first-order chi connectivity index (χ1) is 13.7. The third kappa shape index (κ3) is 4.80. The van der Waals surface area contributed by atoms with Crippen molar-refractivity contribution in [3.63, 3.8) is 0 Å². The smallest absolute Gasteiger partial charge is 0.417 e. The Kier molecular flexibility index (Phi) is 6.30. The van der Waals surface area contributed by atoms with Crippen LogP contribution in [0.1, 0.15) is 16.0 Å². The molecule has 0 unspecified atom stereocenters. The summed E-state index contributed by atoms with van der Waals surface area (Å²) in [6.07, 6.45) is -4.79. The van der Waals surface area contributed by atoms with Crippen molar-refractivity contribution in [3.05, 3.63) is 82.0 Å². The zero-order chi connectivity index (χ0) is 21.1. The molecule has 0 aliphatic carbocycles. The Morgan fingerprint density at radius 3 is 2.31 bits per heavy atom. The third-order valence-corrected chi connectivity index (χ3v) is 6.97. The van der Waals surface area contributed by atoms with Crippen molar-refractivity contribution >= 4 is 21.4 Å². The molecular weight excluding hydrogens is 423 g/mol. The molecule has 29 heavy (non-hydrogen) atoms. The van der Waals surface area contributed by atoms with E-state index in [1.165, 1.54) is 30.6 Å². The van der Waals surface area contributed by atoms with Gasteiger partial charge in [0.15, 0.2) is 0 Å². The number of halogens is 3. The minimum atomic E-state index is -4.79. The van der Waals surface area contributed by atoms with Crippen LogP contribution >= 0.6 is 11.3 Å². The highest BCUT2D eigenvalue weighted by molar-refractivity contribution is 7.89. The van der Waals surface area contributed by atoms with Gasteiger partial charge >= 0.3 is 6.18 Å². The van der Waals surface area contributed by atoms with E-state index >= 15 is 0 Å².